The molecule has 4 rings (SSSR count). The number of hydrogen-bond acceptors (Lipinski definition) is 6. The zero-order valence-electron chi connectivity index (χ0n) is 18.2. The van der Waals surface area contributed by atoms with Gasteiger partial charge in [-0.05, 0) is 61.0 Å². The van der Waals surface area contributed by atoms with Gasteiger partial charge in [0, 0.05) is 22.7 Å². The van der Waals surface area contributed by atoms with Gasteiger partial charge >= 0.3 is 0 Å². The highest BCUT2D eigenvalue weighted by Gasteiger charge is 2.16. The second kappa shape index (κ2) is 9.63. The summed E-state index contributed by atoms with van der Waals surface area (Å²) in [6, 6.07) is 17.9. The van der Waals surface area contributed by atoms with Crippen LogP contribution in [0.2, 0.25) is 5.02 Å². The third-order valence-electron chi connectivity index (χ3n) is 4.93. The van der Waals surface area contributed by atoms with Gasteiger partial charge in [-0.3, -0.25) is 20.0 Å². The number of non-ortho nitro benzene ring substituents is 1. The highest BCUT2D eigenvalue weighted by atomic mass is 35.5. The summed E-state index contributed by atoms with van der Waals surface area (Å²) < 4.78 is 10.9. The molecular weight excluding hydrogens is 460 g/mol. The third kappa shape index (κ3) is 5.16. The minimum Gasteiger partial charge on any atom is -0.497 e. The van der Waals surface area contributed by atoms with E-state index in [1.165, 1.54) is 18.2 Å². The fourth-order valence-electron chi connectivity index (χ4n) is 3.18. The van der Waals surface area contributed by atoms with Crippen molar-refractivity contribution in [3.63, 3.8) is 0 Å². The van der Waals surface area contributed by atoms with Crippen LogP contribution in [0.1, 0.15) is 16.1 Å². The van der Waals surface area contributed by atoms with Crippen molar-refractivity contribution in [2.24, 2.45) is 0 Å². The molecular formula is C24H19ClN4O5. The second-order valence-electron chi connectivity index (χ2n) is 7.34. The zero-order chi connectivity index (χ0) is 24.2. The lowest BCUT2D eigenvalue weighted by molar-refractivity contribution is -0.384. The van der Waals surface area contributed by atoms with Crippen molar-refractivity contribution in [2.45, 2.75) is 6.92 Å². The van der Waals surface area contributed by atoms with E-state index in [4.69, 9.17) is 21.1 Å². The minimum absolute atomic E-state index is 0.188. The maximum Gasteiger partial charge on any atom is 0.275 e. The van der Waals surface area contributed by atoms with Gasteiger partial charge in [0.15, 0.2) is 0 Å². The van der Waals surface area contributed by atoms with Gasteiger partial charge in [-0.15, -0.1) is 0 Å². The van der Waals surface area contributed by atoms with Gasteiger partial charge in [0.2, 0.25) is 0 Å². The average Bonchev–Trinajstić information content (AvgIpc) is 3.32. The van der Waals surface area contributed by atoms with Gasteiger partial charge in [0.1, 0.15) is 22.9 Å². The molecule has 0 fully saturated rings. The number of halogens is 1. The smallest absolute Gasteiger partial charge is 0.275 e. The molecule has 2 N–H and O–H groups in total. The number of nitro groups is 1. The Hall–Kier alpha value is -4.37. The van der Waals surface area contributed by atoms with Crippen LogP contribution in [0.25, 0.3) is 11.3 Å². The first kappa shape index (κ1) is 22.8. The molecule has 10 heteroatoms. The standard InChI is InChI=1S/C24H19ClN4O5/c1-14-9-19(7-8-21(14)25)34-20-11-16(10-17(12-20)29(31)32)26-24(30)23-13-22(27-28-23)15-3-5-18(33-2)6-4-15/h3-13H,1-2H3,(H,26,30)(H,27,28). The Morgan fingerprint density at radius 1 is 1.03 bits per heavy atom. The largest absolute Gasteiger partial charge is 0.497 e. The fraction of sp³-hybridized carbons (Fsp3) is 0.0833. The van der Waals surface area contributed by atoms with Crippen molar-refractivity contribution in [1.29, 1.82) is 0 Å². The number of nitro benzene ring substituents is 1. The van der Waals surface area contributed by atoms with E-state index in [0.717, 1.165) is 11.1 Å². The molecule has 0 saturated heterocycles. The number of hydrogen-bond donors (Lipinski definition) is 2. The number of amides is 1. The van der Waals surface area contributed by atoms with Crippen molar-refractivity contribution >= 4 is 28.9 Å². The Morgan fingerprint density at radius 3 is 2.44 bits per heavy atom. The van der Waals surface area contributed by atoms with Crippen molar-refractivity contribution < 1.29 is 19.2 Å². The number of rotatable bonds is 7. The molecule has 0 aliphatic rings. The number of benzene rings is 3. The summed E-state index contributed by atoms with van der Waals surface area (Å²) in [5.74, 6) is 0.836. The third-order valence-corrected chi connectivity index (χ3v) is 5.36. The molecule has 0 spiro atoms. The summed E-state index contributed by atoms with van der Waals surface area (Å²) in [5, 5.41) is 21.5. The summed E-state index contributed by atoms with van der Waals surface area (Å²) in [7, 11) is 1.58. The number of aromatic nitrogens is 2. The van der Waals surface area contributed by atoms with Crippen LogP contribution in [0, 0.1) is 17.0 Å². The molecule has 0 aliphatic heterocycles. The van der Waals surface area contributed by atoms with Crippen molar-refractivity contribution in [1.82, 2.24) is 10.2 Å². The normalized spacial score (nSPS) is 10.6. The minimum atomic E-state index is -0.562. The number of anilines is 1. The highest BCUT2D eigenvalue weighted by Crippen LogP contribution is 2.31. The van der Waals surface area contributed by atoms with E-state index in [-0.39, 0.29) is 22.8 Å². The Kier molecular flexibility index (Phi) is 6.46. The monoisotopic (exact) mass is 478 g/mol. The van der Waals surface area contributed by atoms with Crippen LogP contribution in [-0.2, 0) is 0 Å². The number of carbonyl (C=O) groups is 1. The maximum absolute atomic E-state index is 12.8. The summed E-state index contributed by atoms with van der Waals surface area (Å²) in [6.45, 7) is 1.82. The first-order valence-corrected chi connectivity index (χ1v) is 10.4. The summed E-state index contributed by atoms with van der Waals surface area (Å²) in [6.07, 6.45) is 0. The number of ether oxygens (including phenoxy) is 2. The molecule has 0 bridgehead atoms. The topological polar surface area (TPSA) is 119 Å². The van der Waals surface area contributed by atoms with Crippen LogP contribution < -0.4 is 14.8 Å². The molecule has 4 aromatic rings. The van der Waals surface area contributed by atoms with Crippen molar-refractivity contribution in [2.75, 3.05) is 12.4 Å². The van der Waals surface area contributed by atoms with Gasteiger partial charge in [-0.2, -0.15) is 5.10 Å². The lowest BCUT2D eigenvalue weighted by atomic mass is 10.1. The number of nitrogens with one attached hydrogen (secondary N) is 2. The number of aromatic amines is 1. The molecule has 1 heterocycles. The SMILES string of the molecule is COc1ccc(-c2cc(C(=O)Nc3cc(Oc4ccc(Cl)c(C)c4)cc([N+](=O)[O-])c3)[nH]n2)cc1. The molecule has 1 amide bonds. The van der Waals surface area contributed by atoms with Crippen molar-refractivity contribution in [3.05, 3.63) is 93.1 Å². The molecule has 3 aromatic carbocycles. The van der Waals surface area contributed by atoms with Crippen LogP contribution in [-0.4, -0.2) is 28.1 Å². The molecule has 1 aromatic heterocycles. The van der Waals surface area contributed by atoms with E-state index < -0.39 is 10.8 Å². The molecule has 0 unspecified atom stereocenters. The van der Waals surface area contributed by atoms with Gasteiger partial charge in [-0.25, -0.2) is 0 Å². The molecule has 9 nitrogen and oxygen atoms in total. The molecule has 0 atom stereocenters. The predicted octanol–water partition coefficient (Wildman–Crippen LogP) is 6.00. The van der Waals surface area contributed by atoms with E-state index in [0.29, 0.717) is 22.2 Å². The van der Waals surface area contributed by atoms with Crippen molar-refractivity contribution in [3.8, 4) is 28.5 Å². The van der Waals surface area contributed by atoms with Crippen LogP contribution >= 0.6 is 11.6 Å². The fourth-order valence-corrected chi connectivity index (χ4v) is 3.30. The van der Waals surface area contributed by atoms with E-state index in [1.54, 1.807) is 43.5 Å². The van der Waals surface area contributed by atoms with E-state index >= 15 is 0 Å². The zero-order valence-corrected chi connectivity index (χ0v) is 18.9. The quantitative estimate of drug-likeness (QED) is 0.248. The molecule has 0 radical (unpaired) electrons. The lowest BCUT2D eigenvalue weighted by Gasteiger charge is -2.10. The van der Waals surface area contributed by atoms with Crippen LogP contribution in [0.5, 0.6) is 17.2 Å². The average molecular weight is 479 g/mol. The van der Waals surface area contributed by atoms with Gasteiger partial charge < -0.3 is 14.8 Å². The number of H-pyrrole nitrogens is 1. The molecule has 172 valence electrons. The number of nitrogens with zero attached hydrogens (tertiary/aromatic N) is 2. The van der Waals surface area contributed by atoms with E-state index in [1.807, 2.05) is 19.1 Å². The molecule has 0 saturated carbocycles. The lowest BCUT2D eigenvalue weighted by Crippen LogP contribution is -2.12. The summed E-state index contributed by atoms with van der Waals surface area (Å²) in [5.41, 5.74) is 2.30. The first-order chi connectivity index (χ1) is 16.3. The van der Waals surface area contributed by atoms with E-state index in [2.05, 4.69) is 15.5 Å². The Labute approximate surface area is 199 Å². The Bertz CT molecular complexity index is 1370. The Balaban J connectivity index is 1.55. The first-order valence-electron chi connectivity index (χ1n) is 10.1. The molecule has 34 heavy (non-hydrogen) atoms. The molecule has 0 aliphatic carbocycles. The summed E-state index contributed by atoms with van der Waals surface area (Å²) in [4.78, 5) is 23.6. The summed E-state index contributed by atoms with van der Waals surface area (Å²) >= 11 is 6.04. The van der Waals surface area contributed by atoms with Crippen LogP contribution in [0.3, 0.4) is 0 Å². The van der Waals surface area contributed by atoms with Gasteiger partial charge in [0.25, 0.3) is 11.6 Å². The van der Waals surface area contributed by atoms with Crippen LogP contribution in [0.4, 0.5) is 11.4 Å². The van der Waals surface area contributed by atoms with Crippen LogP contribution in [0.15, 0.2) is 66.7 Å². The Morgan fingerprint density at radius 2 is 1.76 bits per heavy atom. The maximum atomic E-state index is 12.8. The second-order valence-corrected chi connectivity index (χ2v) is 7.74. The number of carbonyl (C=O) groups excluding carboxylic acids is 1. The van der Waals surface area contributed by atoms with E-state index in [9.17, 15) is 14.9 Å². The number of methoxy groups -OCH3 is 1. The van der Waals surface area contributed by atoms with Gasteiger partial charge in [-0.1, -0.05) is 11.6 Å². The van der Waals surface area contributed by atoms with Gasteiger partial charge in [0.05, 0.1) is 29.5 Å². The predicted molar refractivity (Wildman–Crippen MR) is 128 cm³/mol. The number of aryl methyl sites for hydroxylation is 1. The highest BCUT2D eigenvalue weighted by molar-refractivity contribution is 6.31.